The summed E-state index contributed by atoms with van der Waals surface area (Å²) >= 11 is 3.40. The van der Waals surface area contributed by atoms with E-state index in [0.29, 0.717) is 18.8 Å². The first kappa shape index (κ1) is 14.3. The van der Waals surface area contributed by atoms with Crippen LogP contribution in [0.1, 0.15) is 23.0 Å². The number of carbonyl (C=O) groups is 1. The second-order valence-corrected chi connectivity index (χ2v) is 6.49. The number of benzene rings is 1. The summed E-state index contributed by atoms with van der Waals surface area (Å²) < 4.78 is 2.85. The molecule has 1 saturated heterocycles. The minimum atomic E-state index is -0.0722. The summed E-state index contributed by atoms with van der Waals surface area (Å²) in [5, 5.41) is 4.31. The van der Waals surface area contributed by atoms with E-state index in [2.05, 4.69) is 31.0 Å². The van der Waals surface area contributed by atoms with Crippen LogP contribution in [0.25, 0.3) is 11.0 Å². The van der Waals surface area contributed by atoms with Crippen LogP contribution < -0.4 is 0 Å². The van der Waals surface area contributed by atoms with E-state index in [1.165, 1.54) is 0 Å². The van der Waals surface area contributed by atoms with Crippen LogP contribution in [0.2, 0.25) is 0 Å². The fraction of sp³-hybridized carbons (Fsp3) is 0.250. The molecule has 2 aromatic heterocycles. The van der Waals surface area contributed by atoms with Gasteiger partial charge in [-0.25, -0.2) is 4.98 Å². The van der Waals surface area contributed by atoms with Gasteiger partial charge in [-0.3, -0.25) is 14.5 Å². The highest BCUT2D eigenvalue weighted by Crippen LogP contribution is 2.23. The molecule has 3 aromatic rings. The summed E-state index contributed by atoms with van der Waals surface area (Å²) in [7, 11) is 0. The quantitative estimate of drug-likeness (QED) is 0.694. The normalized spacial score (nSPS) is 17.8. The molecule has 0 aliphatic carbocycles. The maximum atomic E-state index is 12.7. The smallest absolute Gasteiger partial charge is 0.274 e. The van der Waals surface area contributed by atoms with E-state index in [4.69, 9.17) is 0 Å². The van der Waals surface area contributed by atoms with Gasteiger partial charge < -0.3 is 4.90 Å². The van der Waals surface area contributed by atoms with E-state index in [1.807, 2.05) is 40.0 Å². The predicted octanol–water partition coefficient (Wildman–Crippen LogP) is 2.68. The van der Waals surface area contributed by atoms with Crippen molar-refractivity contribution in [2.75, 3.05) is 13.1 Å². The fourth-order valence-electron chi connectivity index (χ4n) is 2.88. The maximum Gasteiger partial charge on any atom is 0.274 e. The third kappa shape index (κ3) is 2.72. The molecular weight excluding hydrogens is 358 g/mol. The molecule has 4 rings (SSSR count). The summed E-state index contributed by atoms with van der Waals surface area (Å²) in [4.78, 5) is 23.2. The lowest BCUT2D eigenvalue weighted by molar-refractivity contribution is 0.0781. The molecule has 7 heteroatoms. The van der Waals surface area contributed by atoms with Gasteiger partial charge >= 0.3 is 0 Å². The third-order valence-corrected chi connectivity index (χ3v) is 4.47. The van der Waals surface area contributed by atoms with E-state index in [9.17, 15) is 4.79 Å². The topological polar surface area (TPSA) is 63.9 Å². The Bertz CT molecular complexity index is 878. The largest absolute Gasteiger partial charge is 0.335 e. The highest BCUT2D eigenvalue weighted by Gasteiger charge is 2.29. The molecule has 1 aliphatic rings. The standard InChI is InChI=1S/C16H14BrN5O/c17-11-7-19-22(9-11)12-5-6-21(10-12)16(23)15-8-18-13-3-1-2-4-14(13)20-15/h1-4,7-9,12H,5-6,10H2. The number of aromatic nitrogens is 4. The number of nitrogens with zero attached hydrogens (tertiary/aromatic N) is 5. The van der Waals surface area contributed by atoms with Gasteiger partial charge in [0.05, 0.1) is 33.9 Å². The summed E-state index contributed by atoms with van der Waals surface area (Å²) in [6.07, 6.45) is 6.15. The Morgan fingerprint density at radius 1 is 1.22 bits per heavy atom. The number of halogens is 1. The SMILES string of the molecule is O=C(c1cnc2ccccc2n1)N1CCC(n2cc(Br)cn2)C1. The zero-order valence-corrected chi connectivity index (χ0v) is 13.8. The average molecular weight is 372 g/mol. The lowest BCUT2D eigenvalue weighted by Gasteiger charge is -2.16. The van der Waals surface area contributed by atoms with Crippen molar-refractivity contribution in [2.24, 2.45) is 0 Å². The second-order valence-electron chi connectivity index (χ2n) is 5.58. The molecule has 6 nitrogen and oxygen atoms in total. The van der Waals surface area contributed by atoms with Gasteiger partial charge in [-0.2, -0.15) is 5.10 Å². The molecule has 0 bridgehead atoms. The lowest BCUT2D eigenvalue weighted by Crippen LogP contribution is -2.30. The van der Waals surface area contributed by atoms with Crippen LogP contribution in [-0.2, 0) is 0 Å². The van der Waals surface area contributed by atoms with Crippen molar-refractivity contribution in [3.63, 3.8) is 0 Å². The first-order valence-corrected chi connectivity index (χ1v) is 8.21. The van der Waals surface area contributed by atoms with E-state index in [0.717, 1.165) is 21.9 Å². The molecule has 1 atom stereocenters. The van der Waals surface area contributed by atoms with Gasteiger partial charge in [0.1, 0.15) is 5.69 Å². The van der Waals surface area contributed by atoms with Crippen LogP contribution >= 0.6 is 15.9 Å². The van der Waals surface area contributed by atoms with Gasteiger partial charge in [0.15, 0.2) is 0 Å². The Morgan fingerprint density at radius 3 is 2.83 bits per heavy atom. The van der Waals surface area contributed by atoms with Gasteiger partial charge in [-0.05, 0) is 34.5 Å². The number of amides is 1. The summed E-state index contributed by atoms with van der Waals surface area (Å²) in [6.45, 7) is 1.34. The number of para-hydroxylation sites is 2. The molecule has 1 fully saturated rings. The highest BCUT2D eigenvalue weighted by molar-refractivity contribution is 9.10. The third-order valence-electron chi connectivity index (χ3n) is 4.06. The van der Waals surface area contributed by atoms with E-state index >= 15 is 0 Å². The molecule has 0 spiro atoms. The molecule has 1 amide bonds. The number of likely N-dealkylation sites (tertiary alicyclic amines) is 1. The molecule has 1 aromatic carbocycles. The van der Waals surface area contributed by atoms with Crippen LogP contribution in [0.15, 0.2) is 47.3 Å². The summed E-state index contributed by atoms with van der Waals surface area (Å²) in [5.74, 6) is -0.0722. The Labute approximate surface area is 141 Å². The van der Waals surface area contributed by atoms with Crippen molar-refractivity contribution in [3.8, 4) is 0 Å². The Kier molecular flexibility index (Phi) is 3.57. The van der Waals surface area contributed by atoms with Crippen molar-refractivity contribution in [1.82, 2.24) is 24.6 Å². The first-order valence-electron chi connectivity index (χ1n) is 7.41. The molecule has 1 unspecified atom stereocenters. The van der Waals surface area contributed by atoms with Gasteiger partial charge in [0.25, 0.3) is 5.91 Å². The monoisotopic (exact) mass is 371 g/mol. The van der Waals surface area contributed by atoms with Gasteiger partial charge in [0, 0.05) is 19.3 Å². The number of fused-ring (bicyclic) bond motifs is 1. The van der Waals surface area contributed by atoms with Crippen molar-refractivity contribution in [2.45, 2.75) is 12.5 Å². The van der Waals surface area contributed by atoms with Crippen LogP contribution in [0.4, 0.5) is 0 Å². The minimum Gasteiger partial charge on any atom is -0.335 e. The van der Waals surface area contributed by atoms with Crippen LogP contribution in [-0.4, -0.2) is 43.6 Å². The Hall–Kier alpha value is -2.28. The summed E-state index contributed by atoms with van der Waals surface area (Å²) in [6, 6.07) is 7.77. The number of hydrogen-bond donors (Lipinski definition) is 0. The van der Waals surface area contributed by atoms with Gasteiger partial charge in [-0.1, -0.05) is 12.1 Å². The van der Waals surface area contributed by atoms with E-state index in [-0.39, 0.29) is 11.9 Å². The average Bonchev–Trinajstić information content (AvgIpc) is 3.22. The van der Waals surface area contributed by atoms with Crippen LogP contribution in [0.3, 0.4) is 0 Å². The fourth-order valence-corrected chi connectivity index (χ4v) is 3.18. The Morgan fingerprint density at radius 2 is 2.04 bits per heavy atom. The molecule has 0 radical (unpaired) electrons. The van der Waals surface area contributed by atoms with Gasteiger partial charge in [-0.15, -0.1) is 0 Å². The van der Waals surface area contributed by atoms with Crippen LogP contribution in [0, 0.1) is 0 Å². The summed E-state index contributed by atoms with van der Waals surface area (Å²) in [5.41, 5.74) is 1.93. The van der Waals surface area contributed by atoms with Crippen molar-refractivity contribution < 1.29 is 4.79 Å². The molecule has 1 aliphatic heterocycles. The van der Waals surface area contributed by atoms with E-state index < -0.39 is 0 Å². The highest BCUT2D eigenvalue weighted by atomic mass is 79.9. The van der Waals surface area contributed by atoms with Crippen molar-refractivity contribution in [3.05, 3.63) is 53.0 Å². The zero-order chi connectivity index (χ0) is 15.8. The van der Waals surface area contributed by atoms with Crippen molar-refractivity contribution >= 4 is 32.9 Å². The maximum absolute atomic E-state index is 12.7. The molecule has 0 saturated carbocycles. The first-order chi connectivity index (χ1) is 11.2. The molecule has 0 N–H and O–H groups in total. The molecule has 23 heavy (non-hydrogen) atoms. The number of rotatable bonds is 2. The van der Waals surface area contributed by atoms with Crippen molar-refractivity contribution in [1.29, 1.82) is 0 Å². The predicted molar refractivity (Wildman–Crippen MR) is 89.0 cm³/mol. The molecular formula is C16H14BrN5O. The zero-order valence-electron chi connectivity index (χ0n) is 12.3. The van der Waals surface area contributed by atoms with Gasteiger partial charge in [0.2, 0.25) is 0 Å². The Balaban J connectivity index is 1.54. The number of hydrogen-bond acceptors (Lipinski definition) is 4. The lowest BCUT2D eigenvalue weighted by atomic mass is 10.3. The number of carbonyl (C=O) groups excluding carboxylic acids is 1. The minimum absolute atomic E-state index is 0.0722. The van der Waals surface area contributed by atoms with Crippen LogP contribution in [0.5, 0.6) is 0 Å². The second kappa shape index (κ2) is 5.73. The van der Waals surface area contributed by atoms with E-state index in [1.54, 1.807) is 12.4 Å². The molecule has 116 valence electrons. The molecule has 3 heterocycles.